The van der Waals surface area contributed by atoms with E-state index >= 15 is 0 Å². The van der Waals surface area contributed by atoms with E-state index in [9.17, 15) is 0 Å². The Kier molecular flexibility index (Phi) is 4.19. The molecule has 0 atom stereocenters. The maximum Gasteiger partial charge on any atom is 0.125 e. The fourth-order valence-electron chi connectivity index (χ4n) is 1.11. The molecule has 78 valence electrons. The van der Waals surface area contributed by atoms with Gasteiger partial charge in [-0.15, -0.1) is 0 Å². The van der Waals surface area contributed by atoms with Gasteiger partial charge in [0, 0.05) is 31.0 Å². The molecule has 0 amide bonds. The summed E-state index contributed by atoms with van der Waals surface area (Å²) in [6, 6.07) is 3.76. The van der Waals surface area contributed by atoms with Gasteiger partial charge in [-0.05, 0) is 19.7 Å². The third-order valence-electron chi connectivity index (χ3n) is 2.14. The van der Waals surface area contributed by atoms with Gasteiger partial charge in [0.25, 0.3) is 0 Å². The van der Waals surface area contributed by atoms with Crippen molar-refractivity contribution < 1.29 is 0 Å². The Hall–Kier alpha value is -1.29. The number of rotatable bonds is 5. The summed E-state index contributed by atoms with van der Waals surface area (Å²) in [6.45, 7) is 5.16. The highest BCUT2D eigenvalue weighted by atomic mass is 15.1. The molecule has 1 aromatic rings. The SMILES string of the molecule is CCN(C)CCNc1ccnc(N)c1. The number of hydrogen-bond acceptors (Lipinski definition) is 4. The summed E-state index contributed by atoms with van der Waals surface area (Å²) in [6.07, 6.45) is 1.71. The summed E-state index contributed by atoms with van der Waals surface area (Å²) in [5.41, 5.74) is 6.58. The van der Waals surface area contributed by atoms with Gasteiger partial charge in [-0.3, -0.25) is 0 Å². The Bertz CT molecular complexity index is 275. The van der Waals surface area contributed by atoms with Gasteiger partial charge in [0.15, 0.2) is 0 Å². The van der Waals surface area contributed by atoms with Crippen LogP contribution in [0, 0.1) is 0 Å². The minimum atomic E-state index is 0.554. The smallest absolute Gasteiger partial charge is 0.125 e. The lowest BCUT2D eigenvalue weighted by atomic mass is 10.4. The van der Waals surface area contributed by atoms with E-state index in [0.29, 0.717) is 5.82 Å². The van der Waals surface area contributed by atoms with Crippen LogP contribution in [0.5, 0.6) is 0 Å². The van der Waals surface area contributed by atoms with Gasteiger partial charge < -0.3 is 16.0 Å². The van der Waals surface area contributed by atoms with Crippen LogP contribution in [-0.2, 0) is 0 Å². The highest BCUT2D eigenvalue weighted by molar-refractivity contribution is 5.49. The van der Waals surface area contributed by atoms with Crippen molar-refractivity contribution in [3.63, 3.8) is 0 Å². The molecule has 0 saturated heterocycles. The lowest BCUT2D eigenvalue weighted by molar-refractivity contribution is 0.367. The van der Waals surface area contributed by atoms with E-state index in [1.54, 1.807) is 6.20 Å². The largest absolute Gasteiger partial charge is 0.384 e. The van der Waals surface area contributed by atoms with Crippen LogP contribution >= 0.6 is 0 Å². The molecule has 0 bridgehead atoms. The molecule has 0 aliphatic rings. The monoisotopic (exact) mass is 194 g/mol. The molecular weight excluding hydrogens is 176 g/mol. The van der Waals surface area contributed by atoms with Crippen LogP contribution in [0.2, 0.25) is 0 Å². The molecule has 0 aliphatic carbocycles. The zero-order valence-electron chi connectivity index (χ0n) is 8.83. The molecule has 0 saturated carbocycles. The van der Waals surface area contributed by atoms with Crippen molar-refractivity contribution in [2.45, 2.75) is 6.92 Å². The van der Waals surface area contributed by atoms with E-state index in [2.05, 4.69) is 29.2 Å². The third kappa shape index (κ3) is 3.62. The van der Waals surface area contributed by atoms with Gasteiger partial charge in [0.1, 0.15) is 5.82 Å². The number of anilines is 2. The average molecular weight is 194 g/mol. The number of likely N-dealkylation sites (N-methyl/N-ethyl adjacent to an activating group) is 1. The molecule has 3 N–H and O–H groups in total. The van der Waals surface area contributed by atoms with Gasteiger partial charge in [-0.25, -0.2) is 4.98 Å². The quantitative estimate of drug-likeness (QED) is 0.735. The number of nitrogens with one attached hydrogen (secondary N) is 1. The Morgan fingerprint density at radius 2 is 2.36 bits per heavy atom. The summed E-state index contributed by atoms with van der Waals surface area (Å²) in [4.78, 5) is 6.17. The van der Waals surface area contributed by atoms with Gasteiger partial charge in [-0.2, -0.15) is 0 Å². The third-order valence-corrected chi connectivity index (χ3v) is 2.14. The van der Waals surface area contributed by atoms with E-state index in [4.69, 9.17) is 5.73 Å². The van der Waals surface area contributed by atoms with E-state index < -0.39 is 0 Å². The van der Waals surface area contributed by atoms with Crippen molar-refractivity contribution in [3.05, 3.63) is 18.3 Å². The first-order valence-electron chi connectivity index (χ1n) is 4.86. The molecule has 4 nitrogen and oxygen atoms in total. The van der Waals surface area contributed by atoms with Gasteiger partial charge >= 0.3 is 0 Å². The van der Waals surface area contributed by atoms with Gasteiger partial charge in [0.2, 0.25) is 0 Å². The summed E-state index contributed by atoms with van der Waals surface area (Å²) < 4.78 is 0. The van der Waals surface area contributed by atoms with Crippen LogP contribution in [0.1, 0.15) is 6.92 Å². The molecule has 0 spiro atoms. The highest BCUT2D eigenvalue weighted by Gasteiger charge is 1.95. The van der Waals surface area contributed by atoms with Crippen molar-refractivity contribution in [3.8, 4) is 0 Å². The van der Waals surface area contributed by atoms with Crippen LogP contribution in [0.15, 0.2) is 18.3 Å². The van der Waals surface area contributed by atoms with Crippen LogP contribution in [0.3, 0.4) is 0 Å². The topological polar surface area (TPSA) is 54.2 Å². The first-order valence-corrected chi connectivity index (χ1v) is 4.86. The van der Waals surface area contributed by atoms with Gasteiger partial charge in [-0.1, -0.05) is 6.92 Å². The molecule has 1 heterocycles. The maximum absolute atomic E-state index is 5.55. The van der Waals surface area contributed by atoms with Crippen molar-refractivity contribution in [2.24, 2.45) is 0 Å². The number of nitrogens with zero attached hydrogens (tertiary/aromatic N) is 2. The molecular formula is C10H18N4. The van der Waals surface area contributed by atoms with Crippen molar-refractivity contribution in [1.29, 1.82) is 0 Å². The summed E-state index contributed by atoms with van der Waals surface area (Å²) in [7, 11) is 2.10. The molecule has 14 heavy (non-hydrogen) atoms. The second-order valence-corrected chi connectivity index (χ2v) is 3.29. The lowest BCUT2D eigenvalue weighted by Crippen LogP contribution is -2.24. The number of pyridine rings is 1. The minimum Gasteiger partial charge on any atom is -0.384 e. The molecule has 0 unspecified atom stereocenters. The van der Waals surface area contributed by atoms with E-state index in [1.807, 2.05) is 12.1 Å². The summed E-state index contributed by atoms with van der Waals surface area (Å²) in [5, 5.41) is 3.29. The van der Waals surface area contributed by atoms with Crippen LogP contribution in [0.4, 0.5) is 11.5 Å². The van der Waals surface area contributed by atoms with Crippen molar-refractivity contribution in [1.82, 2.24) is 9.88 Å². The predicted molar refractivity (Wildman–Crippen MR) is 60.3 cm³/mol. The maximum atomic E-state index is 5.55. The molecule has 1 aromatic heterocycles. The number of nitrogen functional groups attached to an aromatic ring is 1. The molecule has 0 fully saturated rings. The van der Waals surface area contributed by atoms with Crippen LogP contribution in [0.25, 0.3) is 0 Å². The van der Waals surface area contributed by atoms with Crippen LogP contribution < -0.4 is 11.1 Å². The molecule has 1 rings (SSSR count). The zero-order valence-corrected chi connectivity index (χ0v) is 8.83. The fourth-order valence-corrected chi connectivity index (χ4v) is 1.11. The second-order valence-electron chi connectivity index (χ2n) is 3.29. The average Bonchev–Trinajstić information content (AvgIpc) is 2.17. The minimum absolute atomic E-state index is 0.554. The predicted octanol–water partition coefficient (Wildman–Crippen LogP) is 1.03. The lowest BCUT2D eigenvalue weighted by Gasteiger charge is -2.14. The fraction of sp³-hybridized carbons (Fsp3) is 0.500. The molecule has 4 heteroatoms. The van der Waals surface area contributed by atoms with Crippen molar-refractivity contribution >= 4 is 11.5 Å². The zero-order chi connectivity index (χ0) is 10.4. The second kappa shape index (κ2) is 5.44. The number of nitrogens with two attached hydrogens (primary N) is 1. The van der Waals surface area contributed by atoms with E-state index in [0.717, 1.165) is 25.3 Å². The van der Waals surface area contributed by atoms with E-state index in [1.165, 1.54) is 0 Å². The Labute approximate surface area is 85.1 Å². The Morgan fingerprint density at radius 3 is 3.00 bits per heavy atom. The van der Waals surface area contributed by atoms with E-state index in [-0.39, 0.29) is 0 Å². The first kappa shape index (κ1) is 10.8. The standard InChI is InChI=1S/C10H18N4/c1-3-14(2)7-6-12-9-4-5-13-10(11)8-9/h4-5,8H,3,6-7H2,1-2H3,(H3,11,12,13). The number of hydrogen-bond donors (Lipinski definition) is 2. The Balaban J connectivity index is 2.31. The number of aromatic nitrogens is 1. The van der Waals surface area contributed by atoms with Crippen molar-refractivity contribution in [2.75, 3.05) is 37.7 Å². The normalized spacial score (nSPS) is 10.5. The van der Waals surface area contributed by atoms with Gasteiger partial charge in [0.05, 0.1) is 0 Å². The highest BCUT2D eigenvalue weighted by Crippen LogP contribution is 2.07. The molecule has 0 aliphatic heterocycles. The first-order chi connectivity index (χ1) is 6.72. The summed E-state index contributed by atoms with van der Waals surface area (Å²) in [5.74, 6) is 0.554. The summed E-state index contributed by atoms with van der Waals surface area (Å²) >= 11 is 0. The van der Waals surface area contributed by atoms with Crippen LogP contribution in [-0.4, -0.2) is 36.6 Å². The molecule has 0 aromatic carbocycles. The molecule has 0 radical (unpaired) electrons. The Morgan fingerprint density at radius 1 is 1.57 bits per heavy atom.